The molecule has 1 saturated carbocycles. The van der Waals surface area contributed by atoms with Gasteiger partial charge in [0.1, 0.15) is 0 Å². The van der Waals surface area contributed by atoms with E-state index in [9.17, 15) is 14.9 Å². The maximum Gasteiger partial charge on any atom is 0.269 e. The first-order chi connectivity index (χ1) is 14.0. The molecule has 1 N–H and O–H groups in total. The number of benzene rings is 1. The molecule has 0 spiro atoms. The standard InChI is InChI=1S/C19H24N6O3S/c1-13(17(26)20-14-5-7-16(8-6-14)25(27)28)29-19-22-21-18(24(19)15-9-10-15)23-11-3-2-4-12-23/h5-8,13,15H,2-4,9-12H2,1H3,(H,20,26). The van der Waals surface area contributed by atoms with E-state index in [1.807, 2.05) is 6.92 Å². The van der Waals surface area contributed by atoms with Gasteiger partial charge in [-0.1, -0.05) is 11.8 Å². The van der Waals surface area contributed by atoms with Crippen molar-refractivity contribution in [2.75, 3.05) is 23.3 Å². The highest BCUT2D eigenvalue weighted by Crippen LogP contribution is 2.42. The van der Waals surface area contributed by atoms with E-state index in [1.54, 1.807) is 0 Å². The van der Waals surface area contributed by atoms with Gasteiger partial charge in [-0.05, 0) is 51.2 Å². The molecule has 2 aromatic rings. The minimum atomic E-state index is -0.464. The Morgan fingerprint density at radius 1 is 1.21 bits per heavy atom. The lowest BCUT2D eigenvalue weighted by Gasteiger charge is -2.28. The molecule has 1 aromatic heterocycles. The summed E-state index contributed by atoms with van der Waals surface area (Å²) in [6.45, 7) is 3.84. The smallest absolute Gasteiger partial charge is 0.269 e. The Morgan fingerprint density at radius 3 is 2.52 bits per heavy atom. The van der Waals surface area contributed by atoms with Crippen molar-refractivity contribution in [3.8, 4) is 0 Å². The zero-order valence-corrected chi connectivity index (χ0v) is 17.1. The number of piperidine rings is 1. The maximum absolute atomic E-state index is 12.6. The normalized spacial score (nSPS) is 17.8. The van der Waals surface area contributed by atoms with Gasteiger partial charge in [0.05, 0.1) is 10.2 Å². The summed E-state index contributed by atoms with van der Waals surface area (Å²) in [6, 6.07) is 6.25. The number of rotatable bonds is 7. The maximum atomic E-state index is 12.6. The summed E-state index contributed by atoms with van der Waals surface area (Å²) >= 11 is 1.40. The highest BCUT2D eigenvalue weighted by molar-refractivity contribution is 8.00. The predicted octanol–water partition coefficient (Wildman–Crippen LogP) is 3.63. The summed E-state index contributed by atoms with van der Waals surface area (Å²) in [5.74, 6) is 0.756. The van der Waals surface area contributed by atoms with Crippen LogP contribution in [0.5, 0.6) is 0 Å². The second-order valence-corrected chi connectivity index (χ2v) is 8.79. The van der Waals surface area contributed by atoms with Crippen LogP contribution < -0.4 is 10.2 Å². The van der Waals surface area contributed by atoms with Crippen molar-refractivity contribution < 1.29 is 9.72 Å². The highest BCUT2D eigenvalue weighted by atomic mass is 32.2. The molecule has 1 atom stereocenters. The second kappa shape index (κ2) is 8.40. The van der Waals surface area contributed by atoms with E-state index < -0.39 is 4.92 Å². The zero-order valence-electron chi connectivity index (χ0n) is 16.3. The number of non-ortho nitro benzene ring substituents is 1. The molecule has 1 amide bonds. The van der Waals surface area contributed by atoms with Crippen molar-refractivity contribution >= 4 is 35.0 Å². The molecular formula is C19H24N6O3S. The van der Waals surface area contributed by atoms with Crippen molar-refractivity contribution in [2.45, 2.75) is 55.5 Å². The molecule has 2 aliphatic rings. The number of nitrogens with one attached hydrogen (secondary N) is 1. The Kier molecular flexibility index (Phi) is 5.70. The van der Waals surface area contributed by atoms with Gasteiger partial charge in [0, 0.05) is 37.0 Å². The number of thioether (sulfide) groups is 1. The molecular weight excluding hydrogens is 392 g/mol. The Balaban J connectivity index is 1.43. The lowest BCUT2D eigenvalue weighted by atomic mass is 10.1. The zero-order chi connectivity index (χ0) is 20.4. The van der Waals surface area contributed by atoms with Crippen LogP contribution in [0.15, 0.2) is 29.4 Å². The van der Waals surface area contributed by atoms with Crippen molar-refractivity contribution in [1.29, 1.82) is 0 Å². The SMILES string of the molecule is CC(Sc1nnc(N2CCCCC2)n1C1CC1)C(=O)Nc1ccc([N+](=O)[O-])cc1. The topological polar surface area (TPSA) is 106 Å². The first-order valence-corrected chi connectivity index (χ1v) is 10.8. The van der Waals surface area contributed by atoms with Crippen molar-refractivity contribution in [2.24, 2.45) is 0 Å². The summed E-state index contributed by atoms with van der Waals surface area (Å²) in [6.07, 6.45) is 5.85. The molecule has 1 aliphatic heterocycles. The van der Waals surface area contributed by atoms with Gasteiger partial charge in [0.2, 0.25) is 11.9 Å². The number of amides is 1. The van der Waals surface area contributed by atoms with E-state index in [2.05, 4.69) is 25.0 Å². The molecule has 1 saturated heterocycles. The van der Waals surface area contributed by atoms with Crippen LogP contribution in [0.3, 0.4) is 0 Å². The molecule has 0 bridgehead atoms. The Bertz CT molecular complexity index is 890. The van der Waals surface area contributed by atoms with Crippen LogP contribution in [0.2, 0.25) is 0 Å². The highest BCUT2D eigenvalue weighted by Gasteiger charge is 2.33. The first-order valence-electron chi connectivity index (χ1n) is 9.95. The molecule has 2 heterocycles. The van der Waals surface area contributed by atoms with E-state index >= 15 is 0 Å². The third-order valence-electron chi connectivity index (χ3n) is 5.19. The number of hydrogen-bond acceptors (Lipinski definition) is 7. The lowest BCUT2D eigenvalue weighted by molar-refractivity contribution is -0.384. The average molecular weight is 417 g/mol. The number of anilines is 2. The molecule has 0 radical (unpaired) electrons. The number of nitro benzene ring substituents is 1. The van der Waals surface area contributed by atoms with E-state index in [4.69, 9.17) is 0 Å². The summed E-state index contributed by atoms with van der Waals surface area (Å²) < 4.78 is 2.20. The summed E-state index contributed by atoms with van der Waals surface area (Å²) in [4.78, 5) is 25.2. The largest absolute Gasteiger partial charge is 0.341 e. The fourth-order valence-corrected chi connectivity index (χ4v) is 4.35. The quantitative estimate of drug-likeness (QED) is 0.417. The molecule has 1 aliphatic carbocycles. The predicted molar refractivity (Wildman–Crippen MR) is 111 cm³/mol. The van der Waals surface area contributed by atoms with E-state index in [-0.39, 0.29) is 16.8 Å². The summed E-state index contributed by atoms with van der Waals surface area (Å²) in [7, 11) is 0. The van der Waals surface area contributed by atoms with E-state index in [1.165, 1.54) is 55.3 Å². The van der Waals surface area contributed by atoms with Gasteiger partial charge < -0.3 is 10.2 Å². The Hall–Kier alpha value is -2.62. The minimum Gasteiger partial charge on any atom is -0.341 e. The number of carbonyl (C=O) groups excluding carboxylic acids is 1. The van der Waals surface area contributed by atoms with Crippen LogP contribution in [0, 0.1) is 10.1 Å². The number of carbonyl (C=O) groups is 1. The monoisotopic (exact) mass is 416 g/mol. The summed E-state index contributed by atoms with van der Waals surface area (Å²) in [5.41, 5.74) is 0.527. The van der Waals surface area contributed by atoms with Gasteiger partial charge in [-0.2, -0.15) is 0 Å². The summed E-state index contributed by atoms with van der Waals surface area (Å²) in [5, 5.41) is 22.8. The van der Waals surface area contributed by atoms with Gasteiger partial charge >= 0.3 is 0 Å². The molecule has 1 unspecified atom stereocenters. The molecule has 29 heavy (non-hydrogen) atoms. The van der Waals surface area contributed by atoms with E-state index in [0.29, 0.717) is 11.7 Å². The van der Waals surface area contributed by atoms with E-state index in [0.717, 1.165) is 37.0 Å². The molecule has 154 valence electrons. The van der Waals surface area contributed by atoms with Crippen LogP contribution in [-0.4, -0.2) is 43.9 Å². The lowest BCUT2D eigenvalue weighted by Crippen LogP contribution is -2.32. The third-order valence-corrected chi connectivity index (χ3v) is 6.25. The molecule has 2 fully saturated rings. The molecule has 1 aromatic carbocycles. The third kappa shape index (κ3) is 4.52. The van der Waals surface area contributed by atoms with Gasteiger partial charge in [-0.25, -0.2) is 0 Å². The van der Waals surface area contributed by atoms with Gasteiger partial charge in [0.15, 0.2) is 5.16 Å². The first kappa shape index (κ1) is 19.7. The Morgan fingerprint density at radius 2 is 1.90 bits per heavy atom. The minimum absolute atomic E-state index is 0.00630. The van der Waals surface area contributed by atoms with Crippen LogP contribution in [0.25, 0.3) is 0 Å². The number of aromatic nitrogens is 3. The number of nitrogens with zero attached hydrogens (tertiary/aromatic N) is 5. The fourth-order valence-electron chi connectivity index (χ4n) is 3.43. The van der Waals surface area contributed by atoms with Gasteiger partial charge in [-0.15, -0.1) is 10.2 Å². The van der Waals surface area contributed by atoms with Crippen LogP contribution >= 0.6 is 11.8 Å². The van der Waals surface area contributed by atoms with Crippen LogP contribution in [0.4, 0.5) is 17.3 Å². The van der Waals surface area contributed by atoms with Gasteiger partial charge in [0.25, 0.3) is 5.69 Å². The van der Waals surface area contributed by atoms with Crippen LogP contribution in [0.1, 0.15) is 45.1 Å². The molecule has 4 rings (SSSR count). The van der Waals surface area contributed by atoms with Gasteiger partial charge in [-0.3, -0.25) is 19.5 Å². The fraction of sp³-hybridized carbons (Fsp3) is 0.526. The van der Waals surface area contributed by atoms with Crippen LogP contribution in [-0.2, 0) is 4.79 Å². The number of hydrogen-bond donors (Lipinski definition) is 1. The molecule has 9 nitrogen and oxygen atoms in total. The molecule has 10 heteroatoms. The van der Waals surface area contributed by atoms with Crippen molar-refractivity contribution in [1.82, 2.24) is 14.8 Å². The second-order valence-electron chi connectivity index (χ2n) is 7.48. The Labute approximate surface area is 173 Å². The average Bonchev–Trinajstić information content (AvgIpc) is 3.49. The van der Waals surface area contributed by atoms with Crippen molar-refractivity contribution in [3.05, 3.63) is 34.4 Å². The number of nitro groups is 1. The van der Waals surface area contributed by atoms with Crippen molar-refractivity contribution in [3.63, 3.8) is 0 Å².